The normalized spacial score (nSPS) is 10.8. The van der Waals surface area contributed by atoms with Crippen LogP contribution in [0.5, 0.6) is 0 Å². The van der Waals surface area contributed by atoms with E-state index in [1.807, 2.05) is 24.3 Å². The number of nitrogens with one attached hydrogen (secondary N) is 1. The van der Waals surface area contributed by atoms with Crippen LogP contribution >= 0.6 is 11.6 Å². The van der Waals surface area contributed by atoms with Gasteiger partial charge in [-0.1, -0.05) is 29.8 Å². The molecule has 0 amide bonds. The lowest BCUT2D eigenvalue weighted by molar-refractivity contribution is 0.0916. The number of aromatic nitrogens is 2. The van der Waals surface area contributed by atoms with Gasteiger partial charge in [-0.25, -0.2) is 0 Å². The molecule has 0 aliphatic heterocycles. The average Bonchev–Trinajstić information content (AvgIpc) is 2.97. The van der Waals surface area contributed by atoms with Crippen molar-refractivity contribution in [2.24, 2.45) is 0 Å². The van der Waals surface area contributed by atoms with Crippen molar-refractivity contribution in [3.8, 4) is 0 Å². The van der Waals surface area contributed by atoms with Crippen LogP contribution in [0.1, 0.15) is 33.7 Å². The molecule has 0 radical (unpaired) electrons. The molecule has 3 aromatic rings. The number of para-hydroxylation sites is 1. The minimum absolute atomic E-state index is 0.0714. The maximum atomic E-state index is 12.3. The number of ketones is 2. The number of hydrogen-bond acceptors (Lipinski definition) is 3. The zero-order chi connectivity index (χ0) is 15.5. The van der Waals surface area contributed by atoms with Crippen LogP contribution in [0.4, 0.5) is 0 Å². The number of aromatic amines is 1. The third-order valence-electron chi connectivity index (χ3n) is 3.49. The van der Waals surface area contributed by atoms with Gasteiger partial charge in [0.15, 0.2) is 11.6 Å². The number of pyridine rings is 1. The average molecular weight is 313 g/mol. The molecule has 2 heterocycles. The maximum Gasteiger partial charge on any atom is 0.183 e. The SMILES string of the molecule is O=C(CCC(=O)c1c[nH]c2ccccc12)c1ncccc1Cl. The van der Waals surface area contributed by atoms with Crippen LogP contribution in [0, 0.1) is 0 Å². The number of rotatable bonds is 5. The lowest BCUT2D eigenvalue weighted by atomic mass is 10.0. The lowest BCUT2D eigenvalue weighted by Crippen LogP contribution is -2.07. The molecule has 110 valence electrons. The van der Waals surface area contributed by atoms with Crippen molar-refractivity contribution in [2.75, 3.05) is 0 Å². The molecule has 0 aliphatic carbocycles. The molecule has 1 N–H and O–H groups in total. The molecule has 0 saturated carbocycles. The molecule has 5 heteroatoms. The van der Waals surface area contributed by atoms with E-state index in [-0.39, 0.29) is 30.1 Å². The molecule has 4 nitrogen and oxygen atoms in total. The summed E-state index contributed by atoms with van der Waals surface area (Å²) in [5, 5.41) is 1.18. The zero-order valence-electron chi connectivity index (χ0n) is 11.7. The standard InChI is InChI=1S/C17H13ClN2O2/c18-13-5-3-9-19-17(13)16(22)8-7-15(21)12-10-20-14-6-2-1-4-11(12)14/h1-6,9-10,20H,7-8H2. The van der Waals surface area contributed by atoms with Gasteiger partial charge in [0.1, 0.15) is 5.69 Å². The van der Waals surface area contributed by atoms with Gasteiger partial charge in [-0.2, -0.15) is 0 Å². The van der Waals surface area contributed by atoms with E-state index in [0.29, 0.717) is 10.6 Å². The number of benzene rings is 1. The van der Waals surface area contributed by atoms with Crippen LogP contribution in [0.3, 0.4) is 0 Å². The molecule has 0 spiro atoms. The minimum atomic E-state index is -0.223. The number of fused-ring (bicyclic) bond motifs is 1. The number of nitrogens with zero attached hydrogens (tertiary/aromatic N) is 1. The van der Waals surface area contributed by atoms with Gasteiger partial charge < -0.3 is 4.98 Å². The van der Waals surface area contributed by atoms with Crippen LogP contribution in [0.15, 0.2) is 48.8 Å². The van der Waals surface area contributed by atoms with Crippen molar-refractivity contribution < 1.29 is 9.59 Å². The first-order chi connectivity index (χ1) is 10.7. The Morgan fingerprint density at radius 1 is 1.05 bits per heavy atom. The van der Waals surface area contributed by atoms with Gasteiger partial charge in [0.2, 0.25) is 0 Å². The Labute approximate surface area is 132 Å². The van der Waals surface area contributed by atoms with E-state index >= 15 is 0 Å². The highest BCUT2D eigenvalue weighted by Crippen LogP contribution is 2.21. The summed E-state index contributed by atoms with van der Waals surface area (Å²) in [6.07, 6.45) is 3.43. The summed E-state index contributed by atoms with van der Waals surface area (Å²) in [5.74, 6) is -0.295. The number of Topliss-reactive ketones (excluding diaryl/α,β-unsaturated/α-hetero) is 2. The van der Waals surface area contributed by atoms with E-state index in [0.717, 1.165) is 10.9 Å². The Hall–Kier alpha value is -2.46. The quantitative estimate of drug-likeness (QED) is 0.722. The first-order valence-corrected chi connectivity index (χ1v) is 7.27. The minimum Gasteiger partial charge on any atom is -0.360 e. The van der Waals surface area contributed by atoms with Gasteiger partial charge in [0, 0.05) is 41.7 Å². The fourth-order valence-corrected chi connectivity index (χ4v) is 2.60. The fourth-order valence-electron chi connectivity index (χ4n) is 2.37. The van der Waals surface area contributed by atoms with E-state index in [1.165, 1.54) is 6.20 Å². The van der Waals surface area contributed by atoms with Crippen LogP contribution in [0.25, 0.3) is 10.9 Å². The predicted molar refractivity (Wildman–Crippen MR) is 85.4 cm³/mol. The summed E-state index contributed by atoms with van der Waals surface area (Å²) in [6, 6.07) is 10.9. The highest BCUT2D eigenvalue weighted by atomic mass is 35.5. The molecule has 1 aromatic carbocycles. The van der Waals surface area contributed by atoms with E-state index < -0.39 is 0 Å². The summed E-state index contributed by atoms with van der Waals surface area (Å²) in [7, 11) is 0. The van der Waals surface area contributed by atoms with Crippen molar-refractivity contribution in [3.05, 3.63) is 65.1 Å². The van der Waals surface area contributed by atoms with Crippen molar-refractivity contribution >= 4 is 34.1 Å². The molecule has 3 rings (SSSR count). The van der Waals surface area contributed by atoms with Crippen molar-refractivity contribution in [1.29, 1.82) is 0 Å². The van der Waals surface area contributed by atoms with Crippen molar-refractivity contribution in [1.82, 2.24) is 9.97 Å². The highest BCUT2D eigenvalue weighted by molar-refractivity contribution is 6.33. The van der Waals surface area contributed by atoms with Gasteiger partial charge in [-0.15, -0.1) is 0 Å². The molecule has 22 heavy (non-hydrogen) atoms. The predicted octanol–water partition coefficient (Wildman–Crippen LogP) is 4.06. The second kappa shape index (κ2) is 6.12. The first kappa shape index (κ1) is 14.5. The van der Waals surface area contributed by atoms with Crippen LogP contribution in [-0.2, 0) is 0 Å². The number of halogens is 1. The Bertz CT molecular complexity index is 854. The molecule has 0 fully saturated rings. The zero-order valence-corrected chi connectivity index (χ0v) is 12.4. The Morgan fingerprint density at radius 3 is 2.64 bits per heavy atom. The number of hydrogen-bond donors (Lipinski definition) is 1. The van der Waals surface area contributed by atoms with E-state index in [9.17, 15) is 9.59 Å². The summed E-state index contributed by atoms with van der Waals surface area (Å²) in [4.78, 5) is 31.4. The monoisotopic (exact) mass is 312 g/mol. The van der Waals surface area contributed by atoms with E-state index in [2.05, 4.69) is 9.97 Å². The van der Waals surface area contributed by atoms with Crippen LogP contribution in [0.2, 0.25) is 5.02 Å². The number of carbonyl (C=O) groups is 2. The second-order valence-corrected chi connectivity index (χ2v) is 5.34. The summed E-state index contributed by atoms with van der Waals surface area (Å²) < 4.78 is 0. The van der Waals surface area contributed by atoms with Crippen LogP contribution < -0.4 is 0 Å². The van der Waals surface area contributed by atoms with Crippen molar-refractivity contribution in [2.45, 2.75) is 12.8 Å². The highest BCUT2D eigenvalue weighted by Gasteiger charge is 2.16. The fraction of sp³-hybridized carbons (Fsp3) is 0.118. The Morgan fingerprint density at radius 2 is 1.82 bits per heavy atom. The van der Waals surface area contributed by atoms with Gasteiger partial charge >= 0.3 is 0 Å². The molecule has 0 unspecified atom stereocenters. The van der Waals surface area contributed by atoms with Crippen molar-refractivity contribution in [3.63, 3.8) is 0 Å². The van der Waals surface area contributed by atoms with E-state index in [4.69, 9.17) is 11.6 Å². The van der Waals surface area contributed by atoms with Crippen LogP contribution in [-0.4, -0.2) is 21.5 Å². The largest absolute Gasteiger partial charge is 0.360 e. The Kier molecular flexibility index (Phi) is 4.02. The third-order valence-corrected chi connectivity index (χ3v) is 3.80. The second-order valence-electron chi connectivity index (χ2n) is 4.93. The summed E-state index contributed by atoms with van der Waals surface area (Å²) in [6.45, 7) is 0. The third kappa shape index (κ3) is 2.78. The van der Waals surface area contributed by atoms with Gasteiger partial charge in [0.25, 0.3) is 0 Å². The Balaban J connectivity index is 1.73. The summed E-state index contributed by atoms with van der Waals surface area (Å²) in [5.41, 5.74) is 1.73. The molecule has 0 aliphatic rings. The topological polar surface area (TPSA) is 62.8 Å². The van der Waals surface area contributed by atoms with Gasteiger partial charge in [-0.3, -0.25) is 14.6 Å². The van der Waals surface area contributed by atoms with Gasteiger partial charge in [0.05, 0.1) is 5.02 Å². The molecular weight excluding hydrogens is 300 g/mol. The number of carbonyl (C=O) groups excluding carboxylic acids is 2. The van der Waals surface area contributed by atoms with E-state index in [1.54, 1.807) is 18.3 Å². The molecular formula is C17H13ClN2O2. The molecule has 0 bridgehead atoms. The number of H-pyrrole nitrogens is 1. The molecule has 0 saturated heterocycles. The lowest BCUT2D eigenvalue weighted by Gasteiger charge is -2.02. The molecule has 0 atom stereocenters. The maximum absolute atomic E-state index is 12.3. The molecule has 2 aromatic heterocycles. The summed E-state index contributed by atoms with van der Waals surface area (Å²) >= 11 is 5.94. The van der Waals surface area contributed by atoms with Gasteiger partial charge in [-0.05, 0) is 18.2 Å². The first-order valence-electron chi connectivity index (χ1n) is 6.90. The smallest absolute Gasteiger partial charge is 0.183 e.